The van der Waals surface area contributed by atoms with Crippen molar-refractivity contribution in [3.63, 3.8) is 0 Å². The van der Waals surface area contributed by atoms with Gasteiger partial charge >= 0.3 is 6.01 Å². The highest BCUT2D eigenvalue weighted by Crippen LogP contribution is 2.50. The van der Waals surface area contributed by atoms with Gasteiger partial charge in [0.2, 0.25) is 6.43 Å². The summed E-state index contributed by atoms with van der Waals surface area (Å²) in [4.78, 5) is 17.1. The van der Waals surface area contributed by atoms with Gasteiger partial charge in [0.05, 0.1) is 34.3 Å². The molecule has 2 fully saturated rings. The van der Waals surface area contributed by atoms with E-state index in [-0.39, 0.29) is 66.1 Å². The standard InChI is InChI=1S/C26H18ClF2N7O2S.C7H12FN.C2H4F2/c1-37-26-34-20-17-21(38-8-7-36(25(17)35-26)10-11-3-2-6-33-23(11)31)18(27)16(19(20)29)12-4-5-14(28)22-15(12)13(9-30)24(32)39-22;8-6-4-7-2-1-3-9(7)5-6;1-2(3)4/h2-6H,7-8,10,32H2,1H3,(H2,31,33);6-7H,1-5H2;2H,1H3. The number of nitrogens with zero attached hydrogens (tertiary/aromatic N) is 6. The molecule has 3 aromatic heterocycles. The van der Waals surface area contributed by atoms with Crippen LogP contribution in [0.5, 0.6) is 11.8 Å². The Bertz CT molecular complexity index is 2150. The van der Waals surface area contributed by atoms with Crippen LogP contribution in [0.15, 0.2) is 30.5 Å². The fourth-order valence-electron chi connectivity index (χ4n) is 6.77. The molecule has 2 aromatic carbocycles. The number of hydrogen-bond donors (Lipinski definition) is 2. The zero-order chi connectivity index (χ0) is 37.3. The van der Waals surface area contributed by atoms with Crippen molar-refractivity contribution in [2.45, 2.75) is 51.4 Å². The molecule has 3 aliphatic rings. The number of thiophene rings is 1. The quantitative estimate of drug-likeness (QED) is 0.175. The van der Waals surface area contributed by atoms with Crippen molar-refractivity contribution in [3.8, 4) is 29.0 Å². The number of methoxy groups -OCH3 is 1. The first-order chi connectivity index (χ1) is 24.9. The average molecular weight is 761 g/mol. The summed E-state index contributed by atoms with van der Waals surface area (Å²) in [5.74, 6) is -0.560. The molecular formula is C35H34ClF5N8O2S. The predicted octanol–water partition coefficient (Wildman–Crippen LogP) is 7.75. The van der Waals surface area contributed by atoms with Crippen LogP contribution in [0.2, 0.25) is 5.02 Å². The molecule has 6 heterocycles. The van der Waals surface area contributed by atoms with Gasteiger partial charge in [0, 0.05) is 41.8 Å². The van der Waals surface area contributed by atoms with Crippen LogP contribution in [0.25, 0.3) is 32.1 Å². The largest absolute Gasteiger partial charge is 0.489 e. The van der Waals surface area contributed by atoms with E-state index >= 15 is 4.39 Å². The predicted molar refractivity (Wildman–Crippen MR) is 192 cm³/mol. The molecule has 8 rings (SSSR count). The molecule has 0 aliphatic carbocycles. The Labute approximate surface area is 304 Å². The number of pyridine rings is 1. The highest BCUT2D eigenvalue weighted by Gasteiger charge is 2.35. The number of benzene rings is 2. The molecule has 5 aromatic rings. The number of alkyl halides is 3. The average Bonchev–Trinajstić information content (AvgIpc) is 3.76. The van der Waals surface area contributed by atoms with Crippen LogP contribution in [0, 0.1) is 23.0 Å². The van der Waals surface area contributed by atoms with E-state index in [4.69, 9.17) is 32.5 Å². The summed E-state index contributed by atoms with van der Waals surface area (Å²) in [5, 5.41) is 10.2. The Morgan fingerprint density at radius 2 is 1.94 bits per heavy atom. The molecule has 2 unspecified atom stereocenters. The summed E-state index contributed by atoms with van der Waals surface area (Å²) < 4.78 is 76.0. The fraction of sp³-hybridized carbons (Fsp3) is 0.371. The Balaban J connectivity index is 0.000000300. The van der Waals surface area contributed by atoms with Gasteiger partial charge in [-0.05, 0) is 50.4 Å². The highest BCUT2D eigenvalue weighted by molar-refractivity contribution is 7.23. The van der Waals surface area contributed by atoms with Gasteiger partial charge < -0.3 is 25.8 Å². The van der Waals surface area contributed by atoms with Gasteiger partial charge in [-0.1, -0.05) is 23.7 Å². The van der Waals surface area contributed by atoms with Gasteiger partial charge in [-0.2, -0.15) is 15.2 Å². The van der Waals surface area contributed by atoms with Crippen LogP contribution in [0.1, 0.15) is 37.3 Å². The summed E-state index contributed by atoms with van der Waals surface area (Å²) in [6.45, 7) is 3.52. The number of fused-ring (bicyclic) bond motifs is 2. The third-order valence-corrected chi connectivity index (χ3v) is 10.4. The Morgan fingerprint density at radius 1 is 1.17 bits per heavy atom. The van der Waals surface area contributed by atoms with E-state index in [2.05, 4.69) is 19.9 Å². The summed E-state index contributed by atoms with van der Waals surface area (Å²) >= 11 is 7.76. The van der Waals surface area contributed by atoms with E-state index in [0.29, 0.717) is 37.3 Å². The minimum absolute atomic E-state index is 0.0352. The van der Waals surface area contributed by atoms with Gasteiger partial charge in [-0.15, -0.1) is 11.3 Å². The Hall–Kier alpha value is -4.72. The van der Waals surface area contributed by atoms with Crippen molar-refractivity contribution >= 4 is 60.6 Å². The molecular weight excluding hydrogens is 727 g/mol. The normalized spacial score (nSPS) is 17.9. The number of nitrogens with two attached hydrogens (primary N) is 2. The van der Waals surface area contributed by atoms with E-state index in [1.807, 2.05) is 17.0 Å². The molecule has 2 atom stereocenters. The van der Waals surface area contributed by atoms with E-state index in [1.165, 1.54) is 32.1 Å². The number of nitrogen functional groups attached to an aromatic ring is 2. The van der Waals surface area contributed by atoms with Crippen LogP contribution in [0.4, 0.5) is 38.6 Å². The molecule has 0 bridgehead atoms. The number of nitriles is 1. The number of rotatable bonds is 4. The zero-order valence-electron chi connectivity index (χ0n) is 28.1. The molecule has 274 valence electrons. The second kappa shape index (κ2) is 15.5. The van der Waals surface area contributed by atoms with Crippen LogP contribution in [0.3, 0.4) is 0 Å². The Kier molecular flexibility index (Phi) is 11.0. The molecule has 52 heavy (non-hydrogen) atoms. The van der Waals surface area contributed by atoms with E-state index in [9.17, 15) is 22.8 Å². The Morgan fingerprint density at radius 3 is 2.63 bits per heavy atom. The third-order valence-electron chi connectivity index (χ3n) is 8.98. The maximum absolute atomic E-state index is 16.5. The first-order valence-corrected chi connectivity index (χ1v) is 17.5. The van der Waals surface area contributed by atoms with Gasteiger partial charge in [0.25, 0.3) is 0 Å². The molecule has 0 amide bonds. The molecule has 0 spiro atoms. The molecule has 4 N–H and O–H groups in total. The number of ether oxygens (including phenoxy) is 2. The SMILES string of the molecule is CC(F)F.COc1nc2c3c(c(Cl)c(-c4ccc(F)c5sc(N)c(C#N)c45)c(F)c3n1)OCCN2Cc1cccnc1N.FC1CC2CCCN2C1. The van der Waals surface area contributed by atoms with Gasteiger partial charge in [-0.25, -0.2) is 26.9 Å². The maximum Gasteiger partial charge on any atom is 0.318 e. The monoisotopic (exact) mass is 760 g/mol. The zero-order valence-corrected chi connectivity index (χ0v) is 29.7. The lowest BCUT2D eigenvalue weighted by molar-refractivity contribution is 0.171. The van der Waals surface area contributed by atoms with Crippen molar-refractivity contribution in [1.29, 1.82) is 5.26 Å². The maximum atomic E-state index is 16.5. The lowest BCUT2D eigenvalue weighted by Crippen LogP contribution is -2.28. The first-order valence-electron chi connectivity index (χ1n) is 16.3. The number of anilines is 3. The lowest BCUT2D eigenvalue weighted by atomic mass is 9.96. The first kappa shape index (κ1) is 37.1. The van der Waals surface area contributed by atoms with Crippen molar-refractivity contribution in [2.24, 2.45) is 0 Å². The van der Waals surface area contributed by atoms with Crippen molar-refractivity contribution < 1.29 is 31.4 Å². The van der Waals surface area contributed by atoms with E-state index < -0.39 is 24.2 Å². The highest BCUT2D eigenvalue weighted by atomic mass is 35.5. The third kappa shape index (κ3) is 7.17. The smallest absolute Gasteiger partial charge is 0.318 e. The molecule has 2 saturated heterocycles. The molecule has 3 aliphatic heterocycles. The van der Waals surface area contributed by atoms with Crippen LogP contribution in [-0.2, 0) is 6.54 Å². The van der Waals surface area contributed by atoms with Crippen LogP contribution in [-0.4, -0.2) is 71.8 Å². The second-order valence-electron chi connectivity index (χ2n) is 12.3. The second-order valence-corrected chi connectivity index (χ2v) is 13.7. The van der Waals surface area contributed by atoms with Crippen molar-refractivity contribution in [2.75, 3.05) is 49.7 Å². The van der Waals surface area contributed by atoms with Crippen molar-refractivity contribution in [1.82, 2.24) is 19.9 Å². The molecule has 0 radical (unpaired) electrons. The lowest BCUT2D eigenvalue weighted by Gasteiger charge is -2.23. The summed E-state index contributed by atoms with van der Waals surface area (Å²) in [7, 11) is 1.37. The van der Waals surface area contributed by atoms with Crippen molar-refractivity contribution in [3.05, 3.63) is 58.2 Å². The molecule has 17 heteroatoms. The number of halogens is 6. The van der Waals surface area contributed by atoms with E-state index in [0.717, 1.165) is 36.8 Å². The van der Waals surface area contributed by atoms with Gasteiger partial charge in [0.1, 0.15) is 46.8 Å². The van der Waals surface area contributed by atoms with Gasteiger partial charge in [-0.3, -0.25) is 4.90 Å². The number of aromatic nitrogens is 3. The van der Waals surface area contributed by atoms with Crippen LogP contribution >= 0.6 is 22.9 Å². The fourth-order valence-corrected chi connectivity index (χ4v) is 8.05. The minimum atomic E-state index is -2.17. The summed E-state index contributed by atoms with van der Waals surface area (Å²) in [6, 6.07) is 8.67. The summed E-state index contributed by atoms with van der Waals surface area (Å²) in [6.07, 6.45) is 2.24. The number of hydrogen-bond acceptors (Lipinski definition) is 11. The minimum Gasteiger partial charge on any atom is -0.489 e. The van der Waals surface area contributed by atoms with Gasteiger partial charge in [0.15, 0.2) is 11.6 Å². The van der Waals surface area contributed by atoms with Crippen LogP contribution < -0.4 is 25.8 Å². The topological polar surface area (TPSA) is 139 Å². The van der Waals surface area contributed by atoms with E-state index in [1.54, 1.807) is 12.3 Å². The molecule has 0 saturated carbocycles. The summed E-state index contributed by atoms with van der Waals surface area (Å²) in [5.41, 5.74) is 12.8. The molecule has 10 nitrogen and oxygen atoms in total.